The number of ether oxygens (including phenoxy) is 1. The van der Waals surface area contributed by atoms with Crippen LogP contribution in [0.5, 0.6) is 5.75 Å². The first-order chi connectivity index (χ1) is 9.02. The molecule has 0 N–H and O–H groups in total. The van der Waals surface area contributed by atoms with E-state index in [9.17, 15) is 9.18 Å². The number of halogens is 1. The minimum Gasteiger partial charge on any atom is -0.496 e. The molecular formula is C16H15FO2. The molecule has 19 heavy (non-hydrogen) atoms. The Hall–Kier alpha value is -2.16. The quantitative estimate of drug-likeness (QED) is 0.785. The number of carbonyl (C=O) groups is 1. The maximum Gasteiger partial charge on any atom is 0.193 e. The van der Waals surface area contributed by atoms with Gasteiger partial charge in [0.05, 0.1) is 7.11 Å². The Bertz CT molecular complexity index is 609. The van der Waals surface area contributed by atoms with Gasteiger partial charge in [-0.1, -0.05) is 12.1 Å². The summed E-state index contributed by atoms with van der Waals surface area (Å²) >= 11 is 0. The Morgan fingerprint density at radius 3 is 2.21 bits per heavy atom. The second kappa shape index (κ2) is 5.22. The first-order valence-electron chi connectivity index (χ1n) is 5.98. The van der Waals surface area contributed by atoms with Crippen molar-refractivity contribution in [3.8, 4) is 5.75 Å². The van der Waals surface area contributed by atoms with Gasteiger partial charge in [-0.2, -0.15) is 0 Å². The van der Waals surface area contributed by atoms with Crippen LogP contribution in [0.3, 0.4) is 0 Å². The van der Waals surface area contributed by atoms with Gasteiger partial charge < -0.3 is 4.74 Å². The van der Waals surface area contributed by atoms with E-state index in [0.717, 1.165) is 16.9 Å². The van der Waals surface area contributed by atoms with Crippen LogP contribution < -0.4 is 4.74 Å². The first kappa shape index (κ1) is 13.3. The van der Waals surface area contributed by atoms with E-state index in [-0.39, 0.29) is 5.78 Å². The standard InChI is InChI=1S/C16H15FO2/c1-10-7-13(8-11(2)16(10)19-3)15(18)12-5-4-6-14(17)9-12/h4-9H,1-3H3. The van der Waals surface area contributed by atoms with Crippen molar-refractivity contribution < 1.29 is 13.9 Å². The molecule has 0 radical (unpaired) electrons. The molecule has 0 fully saturated rings. The molecule has 0 amide bonds. The fraction of sp³-hybridized carbons (Fsp3) is 0.188. The molecule has 2 aromatic rings. The fourth-order valence-electron chi connectivity index (χ4n) is 2.20. The molecule has 3 heteroatoms. The van der Waals surface area contributed by atoms with Gasteiger partial charge in [-0.05, 0) is 49.2 Å². The Kier molecular flexibility index (Phi) is 3.65. The van der Waals surface area contributed by atoms with Crippen molar-refractivity contribution >= 4 is 5.78 Å². The predicted molar refractivity (Wildman–Crippen MR) is 72.3 cm³/mol. The molecule has 0 unspecified atom stereocenters. The highest BCUT2D eigenvalue weighted by molar-refractivity contribution is 6.09. The molecule has 0 heterocycles. The normalized spacial score (nSPS) is 10.3. The van der Waals surface area contributed by atoms with Crippen molar-refractivity contribution in [2.75, 3.05) is 7.11 Å². The summed E-state index contributed by atoms with van der Waals surface area (Å²) in [7, 11) is 1.60. The number of carbonyl (C=O) groups excluding carboxylic acids is 1. The van der Waals surface area contributed by atoms with Crippen molar-refractivity contribution in [1.82, 2.24) is 0 Å². The lowest BCUT2D eigenvalue weighted by Gasteiger charge is -2.10. The summed E-state index contributed by atoms with van der Waals surface area (Å²) in [4.78, 5) is 12.3. The van der Waals surface area contributed by atoms with Gasteiger partial charge in [0.2, 0.25) is 0 Å². The number of ketones is 1. The second-order valence-electron chi connectivity index (χ2n) is 4.48. The van der Waals surface area contributed by atoms with Crippen LogP contribution >= 0.6 is 0 Å². The van der Waals surface area contributed by atoms with E-state index >= 15 is 0 Å². The molecule has 2 rings (SSSR count). The van der Waals surface area contributed by atoms with Crippen molar-refractivity contribution in [3.63, 3.8) is 0 Å². The topological polar surface area (TPSA) is 26.3 Å². The molecule has 0 saturated heterocycles. The van der Waals surface area contributed by atoms with Crippen LogP contribution in [0.2, 0.25) is 0 Å². The van der Waals surface area contributed by atoms with E-state index in [4.69, 9.17) is 4.74 Å². The Labute approximate surface area is 111 Å². The van der Waals surface area contributed by atoms with Gasteiger partial charge in [0.15, 0.2) is 5.78 Å². The number of benzene rings is 2. The zero-order valence-corrected chi connectivity index (χ0v) is 11.2. The van der Waals surface area contributed by atoms with Crippen LogP contribution in [0.15, 0.2) is 36.4 Å². The van der Waals surface area contributed by atoms with E-state index < -0.39 is 5.82 Å². The summed E-state index contributed by atoms with van der Waals surface area (Å²) in [6, 6.07) is 9.24. The summed E-state index contributed by atoms with van der Waals surface area (Å²) < 4.78 is 18.4. The van der Waals surface area contributed by atoms with Crippen molar-refractivity contribution in [3.05, 3.63) is 64.5 Å². The number of hydrogen-bond acceptors (Lipinski definition) is 2. The number of rotatable bonds is 3. The highest BCUT2D eigenvalue weighted by atomic mass is 19.1. The fourth-order valence-corrected chi connectivity index (χ4v) is 2.20. The monoisotopic (exact) mass is 258 g/mol. The molecule has 0 aromatic heterocycles. The van der Waals surface area contributed by atoms with E-state index in [1.807, 2.05) is 13.8 Å². The number of methoxy groups -OCH3 is 1. The Morgan fingerprint density at radius 2 is 1.68 bits per heavy atom. The number of hydrogen-bond donors (Lipinski definition) is 0. The first-order valence-corrected chi connectivity index (χ1v) is 5.98. The average Bonchev–Trinajstić information content (AvgIpc) is 2.37. The summed E-state index contributed by atoms with van der Waals surface area (Å²) in [5.41, 5.74) is 2.68. The van der Waals surface area contributed by atoms with Crippen LogP contribution in [-0.4, -0.2) is 12.9 Å². The summed E-state index contributed by atoms with van der Waals surface area (Å²) in [5, 5.41) is 0. The van der Waals surface area contributed by atoms with Crippen molar-refractivity contribution in [2.24, 2.45) is 0 Å². The Morgan fingerprint density at radius 1 is 1.05 bits per heavy atom. The second-order valence-corrected chi connectivity index (χ2v) is 4.48. The van der Waals surface area contributed by atoms with Crippen LogP contribution in [0, 0.1) is 19.7 Å². The van der Waals surface area contributed by atoms with Crippen LogP contribution in [-0.2, 0) is 0 Å². The highest BCUT2D eigenvalue weighted by Gasteiger charge is 2.13. The van der Waals surface area contributed by atoms with Crippen LogP contribution in [0.1, 0.15) is 27.0 Å². The van der Waals surface area contributed by atoms with Crippen LogP contribution in [0.4, 0.5) is 4.39 Å². The van der Waals surface area contributed by atoms with Gasteiger partial charge in [-0.3, -0.25) is 4.79 Å². The van der Waals surface area contributed by atoms with E-state index in [0.29, 0.717) is 11.1 Å². The van der Waals surface area contributed by atoms with E-state index in [2.05, 4.69) is 0 Å². The van der Waals surface area contributed by atoms with Gasteiger partial charge in [0.25, 0.3) is 0 Å². The molecule has 0 saturated carbocycles. The third kappa shape index (κ3) is 2.65. The predicted octanol–water partition coefficient (Wildman–Crippen LogP) is 3.68. The molecule has 0 atom stereocenters. The molecule has 0 bridgehead atoms. The zero-order chi connectivity index (χ0) is 14.0. The van der Waals surface area contributed by atoms with Gasteiger partial charge in [-0.15, -0.1) is 0 Å². The van der Waals surface area contributed by atoms with Crippen LogP contribution in [0.25, 0.3) is 0 Å². The van der Waals surface area contributed by atoms with Crippen molar-refractivity contribution in [1.29, 1.82) is 0 Å². The van der Waals surface area contributed by atoms with E-state index in [1.165, 1.54) is 18.2 Å². The lowest BCUT2D eigenvalue weighted by molar-refractivity contribution is 0.103. The molecule has 0 aliphatic heterocycles. The Balaban J connectivity index is 2.45. The molecule has 2 nitrogen and oxygen atoms in total. The van der Waals surface area contributed by atoms with Crippen molar-refractivity contribution in [2.45, 2.75) is 13.8 Å². The minimum atomic E-state index is -0.409. The highest BCUT2D eigenvalue weighted by Crippen LogP contribution is 2.25. The third-order valence-electron chi connectivity index (χ3n) is 3.01. The molecule has 0 aliphatic rings. The average molecular weight is 258 g/mol. The van der Waals surface area contributed by atoms with E-state index in [1.54, 1.807) is 25.3 Å². The maximum atomic E-state index is 13.1. The van der Waals surface area contributed by atoms with Gasteiger partial charge in [-0.25, -0.2) is 4.39 Å². The summed E-state index contributed by atoms with van der Waals surface area (Å²) in [6.45, 7) is 3.77. The zero-order valence-electron chi connectivity index (χ0n) is 11.2. The SMILES string of the molecule is COc1c(C)cc(C(=O)c2cccc(F)c2)cc1C. The largest absolute Gasteiger partial charge is 0.496 e. The molecule has 0 spiro atoms. The molecular weight excluding hydrogens is 243 g/mol. The van der Waals surface area contributed by atoms with Gasteiger partial charge >= 0.3 is 0 Å². The molecule has 98 valence electrons. The molecule has 0 aliphatic carbocycles. The maximum absolute atomic E-state index is 13.1. The smallest absolute Gasteiger partial charge is 0.193 e. The van der Waals surface area contributed by atoms with Gasteiger partial charge in [0, 0.05) is 11.1 Å². The van der Waals surface area contributed by atoms with Gasteiger partial charge in [0.1, 0.15) is 11.6 Å². The summed E-state index contributed by atoms with van der Waals surface area (Å²) in [6.07, 6.45) is 0. The minimum absolute atomic E-state index is 0.187. The lowest BCUT2D eigenvalue weighted by atomic mass is 9.98. The summed E-state index contributed by atoms with van der Waals surface area (Å²) in [5.74, 6) is 0.178. The lowest BCUT2D eigenvalue weighted by Crippen LogP contribution is -2.04. The molecule has 2 aromatic carbocycles. The number of aryl methyl sites for hydroxylation is 2. The third-order valence-corrected chi connectivity index (χ3v) is 3.01.